The second-order valence-corrected chi connectivity index (χ2v) is 7.96. The van der Waals surface area contributed by atoms with Crippen LogP contribution in [0.25, 0.3) is 0 Å². The predicted molar refractivity (Wildman–Crippen MR) is 80.8 cm³/mol. The van der Waals surface area contributed by atoms with Gasteiger partial charge in [0.2, 0.25) is 0 Å². The minimum absolute atomic E-state index is 0.358. The van der Waals surface area contributed by atoms with Crippen LogP contribution in [0.4, 0.5) is 0 Å². The zero-order valence-electron chi connectivity index (χ0n) is 13.4. The fraction of sp³-hybridized carbons (Fsp3) is 0.938. The molecule has 1 saturated heterocycles. The first kappa shape index (κ1) is 15.8. The Balaban J connectivity index is 1.83. The van der Waals surface area contributed by atoms with Gasteiger partial charge in [-0.25, -0.2) is 0 Å². The van der Waals surface area contributed by atoms with Gasteiger partial charge in [-0.1, -0.05) is 20.8 Å². The topological polar surface area (TPSA) is 52.6 Å². The van der Waals surface area contributed by atoms with Crippen LogP contribution in [0.2, 0.25) is 0 Å². The maximum atomic E-state index is 11.5. The van der Waals surface area contributed by atoms with E-state index in [4.69, 9.17) is 0 Å². The van der Waals surface area contributed by atoms with Crippen molar-refractivity contribution in [2.24, 2.45) is 11.3 Å². The van der Waals surface area contributed by atoms with Crippen LogP contribution in [0.15, 0.2) is 0 Å². The summed E-state index contributed by atoms with van der Waals surface area (Å²) in [4.78, 5) is 14.0. The first-order valence-electron chi connectivity index (χ1n) is 7.94. The summed E-state index contributed by atoms with van der Waals surface area (Å²) in [6.45, 7) is 11.9. The van der Waals surface area contributed by atoms with E-state index in [1.165, 1.54) is 6.42 Å². The molecule has 2 N–H and O–H groups in total. The quantitative estimate of drug-likeness (QED) is 0.785. The van der Waals surface area contributed by atoms with Gasteiger partial charge in [-0.15, -0.1) is 0 Å². The predicted octanol–water partition coefficient (Wildman–Crippen LogP) is 2.34. The van der Waals surface area contributed by atoms with E-state index in [2.05, 4.69) is 31.0 Å². The zero-order chi connectivity index (χ0) is 15.0. The van der Waals surface area contributed by atoms with Gasteiger partial charge in [-0.05, 0) is 50.5 Å². The van der Waals surface area contributed by atoms with Gasteiger partial charge in [-0.2, -0.15) is 0 Å². The van der Waals surface area contributed by atoms with E-state index in [9.17, 15) is 9.90 Å². The number of nitrogens with zero attached hydrogens (tertiary/aromatic N) is 1. The van der Waals surface area contributed by atoms with Crippen LogP contribution in [-0.4, -0.2) is 47.2 Å². The van der Waals surface area contributed by atoms with E-state index < -0.39 is 11.5 Å². The number of hydrogen-bond donors (Lipinski definition) is 2. The largest absolute Gasteiger partial charge is 0.480 e. The van der Waals surface area contributed by atoms with Crippen LogP contribution >= 0.6 is 0 Å². The fourth-order valence-electron chi connectivity index (χ4n) is 3.04. The van der Waals surface area contributed by atoms with Crippen molar-refractivity contribution in [2.75, 3.05) is 19.6 Å². The minimum atomic E-state index is -0.763. The van der Waals surface area contributed by atoms with Gasteiger partial charge in [0.15, 0.2) is 0 Å². The highest BCUT2D eigenvalue weighted by Crippen LogP contribution is 2.34. The van der Waals surface area contributed by atoms with Crippen LogP contribution in [-0.2, 0) is 4.79 Å². The first-order chi connectivity index (χ1) is 9.21. The molecule has 0 aromatic heterocycles. The highest BCUT2D eigenvalue weighted by Gasteiger charge is 2.39. The molecule has 2 unspecified atom stereocenters. The minimum Gasteiger partial charge on any atom is -0.480 e. The standard InChI is InChI=1S/C16H30N2O2/c1-15(2,3)12-7-9-18(11-12)10-8-16(4,14(19)20)17-13-5-6-13/h12-13,17H,5-11H2,1-4H3,(H,19,20). The number of aliphatic carboxylic acids is 1. The number of rotatable bonds is 6. The van der Waals surface area contributed by atoms with E-state index in [1.54, 1.807) is 0 Å². The van der Waals surface area contributed by atoms with Gasteiger partial charge in [0.1, 0.15) is 5.54 Å². The molecular formula is C16H30N2O2. The van der Waals surface area contributed by atoms with E-state index in [-0.39, 0.29) is 0 Å². The molecule has 0 aromatic rings. The lowest BCUT2D eigenvalue weighted by atomic mass is 9.80. The molecule has 0 amide bonds. The summed E-state index contributed by atoms with van der Waals surface area (Å²) >= 11 is 0. The Morgan fingerprint density at radius 1 is 1.25 bits per heavy atom. The number of hydrogen-bond acceptors (Lipinski definition) is 3. The Hall–Kier alpha value is -0.610. The molecule has 2 fully saturated rings. The van der Waals surface area contributed by atoms with E-state index in [0.717, 1.165) is 38.4 Å². The molecule has 2 atom stereocenters. The maximum absolute atomic E-state index is 11.5. The Labute approximate surface area is 122 Å². The van der Waals surface area contributed by atoms with Crippen molar-refractivity contribution in [2.45, 2.75) is 65.0 Å². The average Bonchev–Trinajstić information content (AvgIpc) is 2.99. The third-order valence-corrected chi connectivity index (χ3v) is 5.00. The molecule has 1 saturated carbocycles. The van der Waals surface area contributed by atoms with Gasteiger partial charge in [0.25, 0.3) is 0 Å². The molecule has 2 rings (SSSR count). The molecule has 116 valence electrons. The van der Waals surface area contributed by atoms with Gasteiger partial charge >= 0.3 is 5.97 Å². The smallest absolute Gasteiger partial charge is 0.323 e. The normalized spacial score (nSPS) is 27.5. The van der Waals surface area contributed by atoms with Crippen LogP contribution in [0, 0.1) is 11.3 Å². The number of carboxylic acid groups (broad SMARTS) is 1. The Morgan fingerprint density at radius 3 is 2.35 bits per heavy atom. The van der Waals surface area contributed by atoms with Crippen LogP contribution in [0.3, 0.4) is 0 Å². The van der Waals surface area contributed by atoms with Gasteiger partial charge in [-0.3, -0.25) is 10.1 Å². The third-order valence-electron chi connectivity index (χ3n) is 5.00. The van der Waals surface area contributed by atoms with E-state index >= 15 is 0 Å². The van der Waals surface area contributed by atoms with Crippen LogP contribution in [0.1, 0.15) is 53.4 Å². The molecule has 1 heterocycles. The number of likely N-dealkylation sites (tertiary alicyclic amines) is 1. The highest BCUT2D eigenvalue weighted by atomic mass is 16.4. The van der Waals surface area contributed by atoms with Crippen molar-refractivity contribution in [3.63, 3.8) is 0 Å². The summed E-state index contributed by atoms with van der Waals surface area (Å²) in [6, 6.07) is 0.428. The first-order valence-corrected chi connectivity index (χ1v) is 7.94. The summed E-state index contributed by atoms with van der Waals surface area (Å²) < 4.78 is 0. The Kier molecular flexibility index (Phi) is 4.45. The summed E-state index contributed by atoms with van der Waals surface area (Å²) in [7, 11) is 0. The SMILES string of the molecule is CC(CCN1CCC(C(C)(C)C)C1)(NC1CC1)C(=O)O. The van der Waals surface area contributed by atoms with Crippen LogP contribution < -0.4 is 5.32 Å². The monoisotopic (exact) mass is 282 g/mol. The Bertz CT molecular complexity index is 360. The second-order valence-electron chi connectivity index (χ2n) is 7.96. The molecule has 0 spiro atoms. The number of carbonyl (C=O) groups is 1. The van der Waals surface area contributed by atoms with E-state index in [0.29, 0.717) is 17.9 Å². The molecular weight excluding hydrogens is 252 g/mol. The summed E-state index contributed by atoms with van der Waals surface area (Å²) in [5, 5.41) is 12.8. The maximum Gasteiger partial charge on any atom is 0.323 e. The molecule has 4 heteroatoms. The summed E-state index contributed by atoms with van der Waals surface area (Å²) in [5.41, 5.74) is -0.405. The van der Waals surface area contributed by atoms with Crippen molar-refractivity contribution in [1.82, 2.24) is 10.2 Å². The lowest BCUT2D eigenvalue weighted by Crippen LogP contribution is -2.52. The van der Waals surface area contributed by atoms with Gasteiger partial charge in [0.05, 0.1) is 0 Å². The van der Waals surface area contributed by atoms with Crippen molar-refractivity contribution in [3.05, 3.63) is 0 Å². The second kappa shape index (κ2) is 5.64. The molecule has 1 aliphatic heterocycles. The molecule has 1 aliphatic carbocycles. The lowest BCUT2D eigenvalue weighted by Gasteiger charge is -2.30. The zero-order valence-corrected chi connectivity index (χ0v) is 13.4. The van der Waals surface area contributed by atoms with Crippen LogP contribution in [0.5, 0.6) is 0 Å². The third kappa shape index (κ3) is 3.95. The Morgan fingerprint density at radius 2 is 1.90 bits per heavy atom. The molecule has 0 radical (unpaired) electrons. The van der Waals surface area contributed by atoms with Crippen molar-refractivity contribution in [3.8, 4) is 0 Å². The summed E-state index contributed by atoms with van der Waals surface area (Å²) in [6.07, 6.45) is 4.18. The highest BCUT2D eigenvalue weighted by molar-refractivity contribution is 5.78. The molecule has 0 bridgehead atoms. The number of nitrogens with one attached hydrogen (secondary N) is 1. The van der Waals surface area contributed by atoms with E-state index in [1.807, 2.05) is 6.92 Å². The van der Waals surface area contributed by atoms with Crippen molar-refractivity contribution >= 4 is 5.97 Å². The number of carboxylic acids is 1. The molecule has 4 nitrogen and oxygen atoms in total. The molecule has 2 aliphatic rings. The van der Waals surface area contributed by atoms with Gasteiger partial charge < -0.3 is 10.0 Å². The molecule has 20 heavy (non-hydrogen) atoms. The average molecular weight is 282 g/mol. The molecule has 0 aromatic carbocycles. The summed E-state index contributed by atoms with van der Waals surface area (Å²) in [5.74, 6) is 0.0194. The van der Waals surface area contributed by atoms with Gasteiger partial charge in [0, 0.05) is 19.1 Å². The fourth-order valence-corrected chi connectivity index (χ4v) is 3.04. The van der Waals surface area contributed by atoms with Crippen molar-refractivity contribution < 1.29 is 9.90 Å². The van der Waals surface area contributed by atoms with Crippen molar-refractivity contribution in [1.29, 1.82) is 0 Å². The lowest BCUT2D eigenvalue weighted by molar-refractivity contribution is -0.144.